The van der Waals surface area contributed by atoms with Crippen molar-refractivity contribution in [2.45, 2.75) is 84.2 Å². The number of alkyl carbamates (subject to hydrolysis) is 1. The van der Waals surface area contributed by atoms with Crippen molar-refractivity contribution in [3.8, 4) is 0 Å². The Bertz CT molecular complexity index is 496. The number of hydrogen-bond acceptors (Lipinski definition) is 6. The molecule has 0 spiro atoms. The Morgan fingerprint density at radius 1 is 0.962 bits per heavy atom. The Kier molecular flexibility index (Phi) is 9.09. The van der Waals surface area contributed by atoms with Gasteiger partial charge >= 0.3 is 12.1 Å². The fourth-order valence-corrected chi connectivity index (χ4v) is 2.41. The minimum Gasteiger partial charge on any atom is -0.444 e. The molecular weight excluding hydrogens is 340 g/mol. The molecular formula is C18H30N2O6. The summed E-state index contributed by atoms with van der Waals surface area (Å²) in [7, 11) is 0. The van der Waals surface area contributed by atoms with Crippen molar-refractivity contribution in [2.75, 3.05) is 6.54 Å². The largest absolute Gasteiger partial charge is 0.444 e. The fraction of sp³-hybridized carbons (Fsp3) is 0.778. The summed E-state index contributed by atoms with van der Waals surface area (Å²) < 4.78 is 5.14. The van der Waals surface area contributed by atoms with Crippen molar-refractivity contribution >= 4 is 23.9 Å². The van der Waals surface area contributed by atoms with Crippen LogP contribution in [0.2, 0.25) is 0 Å². The molecule has 26 heavy (non-hydrogen) atoms. The van der Waals surface area contributed by atoms with Gasteiger partial charge in [0.2, 0.25) is 0 Å². The predicted octanol–water partition coefficient (Wildman–Crippen LogP) is 2.85. The van der Waals surface area contributed by atoms with E-state index in [1.165, 1.54) is 0 Å². The van der Waals surface area contributed by atoms with Gasteiger partial charge in [-0.2, -0.15) is 0 Å². The molecule has 8 heteroatoms. The first-order valence-electron chi connectivity index (χ1n) is 9.22. The smallest absolute Gasteiger partial charge is 0.407 e. The van der Waals surface area contributed by atoms with Crippen LogP contribution < -0.4 is 5.32 Å². The van der Waals surface area contributed by atoms with Crippen LogP contribution >= 0.6 is 0 Å². The minimum absolute atomic E-state index is 0.106. The zero-order valence-electron chi connectivity index (χ0n) is 16.0. The number of ether oxygens (including phenoxy) is 1. The molecule has 1 aliphatic rings. The zero-order valence-corrected chi connectivity index (χ0v) is 16.0. The van der Waals surface area contributed by atoms with Crippen LogP contribution in [0.3, 0.4) is 0 Å². The molecule has 0 aromatic rings. The minimum atomic E-state index is -0.546. The Balaban J connectivity index is 1.94. The molecule has 0 aromatic carbocycles. The number of carbonyl (C=O) groups is 4. The molecule has 3 amide bonds. The van der Waals surface area contributed by atoms with Crippen LogP contribution in [0.25, 0.3) is 0 Å². The van der Waals surface area contributed by atoms with Gasteiger partial charge in [-0.15, -0.1) is 5.06 Å². The second-order valence-corrected chi connectivity index (χ2v) is 7.35. The molecule has 0 aliphatic carbocycles. The lowest BCUT2D eigenvalue weighted by atomic mass is 10.1. The monoisotopic (exact) mass is 370 g/mol. The standard InChI is InChI=1S/C18H30N2O6/c1-18(2,3)25-17(24)19-13-9-7-5-4-6-8-10-16(23)26-20-14(21)11-12-15(20)22/h4-13H2,1-3H3,(H,19,24). The van der Waals surface area contributed by atoms with Gasteiger partial charge in [0.05, 0.1) is 0 Å². The summed E-state index contributed by atoms with van der Waals surface area (Å²) in [5.74, 6) is -1.46. The number of nitrogens with one attached hydrogen (secondary N) is 1. The lowest BCUT2D eigenvalue weighted by molar-refractivity contribution is -0.197. The molecule has 1 heterocycles. The van der Waals surface area contributed by atoms with E-state index in [1.54, 1.807) is 0 Å². The topological polar surface area (TPSA) is 102 Å². The fourth-order valence-electron chi connectivity index (χ4n) is 2.41. The van der Waals surface area contributed by atoms with Crippen molar-refractivity contribution in [2.24, 2.45) is 0 Å². The highest BCUT2D eigenvalue weighted by Gasteiger charge is 2.32. The molecule has 0 atom stereocenters. The molecule has 8 nitrogen and oxygen atoms in total. The van der Waals surface area contributed by atoms with Crippen LogP contribution in [0.1, 0.15) is 78.6 Å². The molecule has 148 valence electrons. The first-order valence-corrected chi connectivity index (χ1v) is 9.22. The summed E-state index contributed by atoms with van der Waals surface area (Å²) >= 11 is 0. The lowest BCUT2D eigenvalue weighted by Crippen LogP contribution is -2.32. The predicted molar refractivity (Wildman–Crippen MR) is 93.7 cm³/mol. The molecule has 0 aromatic heterocycles. The van der Waals surface area contributed by atoms with Crippen LogP contribution in [-0.2, 0) is 24.0 Å². The van der Waals surface area contributed by atoms with Crippen molar-refractivity contribution in [3.63, 3.8) is 0 Å². The van der Waals surface area contributed by atoms with Gasteiger partial charge in [-0.1, -0.05) is 25.7 Å². The summed E-state index contributed by atoms with van der Waals surface area (Å²) in [6.45, 7) is 6.05. The highest BCUT2D eigenvalue weighted by molar-refractivity contribution is 6.01. The molecule has 0 radical (unpaired) electrons. The van der Waals surface area contributed by atoms with Gasteiger partial charge in [0.25, 0.3) is 11.8 Å². The molecule has 1 rings (SSSR count). The molecule has 0 unspecified atom stereocenters. The molecule has 1 saturated heterocycles. The van der Waals surface area contributed by atoms with E-state index in [0.29, 0.717) is 18.0 Å². The number of imide groups is 1. The number of nitrogens with zero attached hydrogens (tertiary/aromatic N) is 1. The number of rotatable bonds is 10. The third-order valence-electron chi connectivity index (χ3n) is 3.67. The van der Waals surface area contributed by atoms with E-state index in [-0.39, 0.29) is 19.3 Å². The van der Waals surface area contributed by atoms with Crippen LogP contribution in [-0.4, -0.2) is 41.1 Å². The van der Waals surface area contributed by atoms with Crippen LogP contribution in [0.5, 0.6) is 0 Å². The van der Waals surface area contributed by atoms with E-state index in [9.17, 15) is 19.2 Å². The molecule has 1 aliphatic heterocycles. The van der Waals surface area contributed by atoms with Gasteiger partial charge in [0.15, 0.2) is 0 Å². The van der Waals surface area contributed by atoms with Crippen LogP contribution in [0.15, 0.2) is 0 Å². The number of hydroxylamine groups is 2. The maximum absolute atomic E-state index is 11.6. The second kappa shape index (κ2) is 10.8. The van der Waals surface area contributed by atoms with Gasteiger partial charge in [0.1, 0.15) is 5.60 Å². The van der Waals surface area contributed by atoms with E-state index in [0.717, 1.165) is 32.1 Å². The van der Waals surface area contributed by atoms with Crippen molar-refractivity contribution in [3.05, 3.63) is 0 Å². The Hall–Kier alpha value is -2.12. The Morgan fingerprint density at radius 3 is 2.08 bits per heavy atom. The Labute approximate surface area is 154 Å². The first kappa shape index (κ1) is 21.9. The van der Waals surface area contributed by atoms with Crippen LogP contribution in [0, 0.1) is 0 Å². The molecule has 1 N–H and O–H groups in total. The molecule has 0 saturated carbocycles. The van der Waals surface area contributed by atoms with Gasteiger partial charge in [-0.25, -0.2) is 9.59 Å². The average molecular weight is 370 g/mol. The van der Waals surface area contributed by atoms with E-state index in [4.69, 9.17) is 9.57 Å². The van der Waals surface area contributed by atoms with Gasteiger partial charge < -0.3 is 14.9 Å². The van der Waals surface area contributed by atoms with Crippen LogP contribution in [0.4, 0.5) is 4.79 Å². The number of hydrogen-bond donors (Lipinski definition) is 1. The number of amides is 3. The quantitative estimate of drug-likeness (QED) is 0.469. The molecule has 1 fully saturated rings. The number of carbonyl (C=O) groups excluding carboxylic acids is 4. The average Bonchev–Trinajstić information content (AvgIpc) is 2.83. The summed E-state index contributed by atoms with van der Waals surface area (Å²) in [5.41, 5.74) is -0.486. The SMILES string of the molecule is CC(C)(C)OC(=O)NCCCCCCCCC(=O)ON1C(=O)CCC1=O. The molecule has 0 bridgehead atoms. The van der Waals surface area contributed by atoms with Crippen molar-refractivity contribution in [1.82, 2.24) is 10.4 Å². The first-order chi connectivity index (χ1) is 12.2. The summed E-state index contributed by atoms with van der Waals surface area (Å²) in [5, 5.41) is 3.30. The third kappa shape index (κ3) is 9.39. The normalized spacial score (nSPS) is 14.5. The Morgan fingerprint density at radius 2 is 1.50 bits per heavy atom. The van der Waals surface area contributed by atoms with Gasteiger partial charge in [0, 0.05) is 25.8 Å². The van der Waals surface area contributed by atoms with Gasteiger partial charge in [-0.05, 0) is 33.6 Å². The van der Waals surface area contributed by atoms with Gasteiger partial charge in [-0.3, -0.25) is 9.59 Å². The summed E-state index contributed by atoms with van der Waals surface area (Å²) in [4.78, 5) is 50.5. The van der Waals surface area contributed by atoms with E-state index >= 15 is 0 Å². The van der Waals surface area contributed by atoms with Crippen molar-refractivity contribution in [1.29, 1.82) is 0 Å². The maximum atomic E-state index is 11.6. The number of unbranched alkanes of at least 4 members (excludes halogenated alkanes) is 5. The zero-order chi connectivity index (χ0) is 19.6. The highest BCUT2D eigenvalue weighted by atomic mass is 16.7. The van der Waals surface area contributed by atoms with Crippen molar-refractivity contribution < 1.29 is 28.8 Å². The summed E-state index contributed by atoms with van der Waals surface area (Å²) in [6, 6.07) is 0. The second-order valence-electron chi connectivity index (χ2n) is 7.35. The maximum Gasteiger partial charge on any atom is 0.407 e. The van der Waals surface area contributed by atoms with E-state index < -0.39 is 29.5 Å². The summed E-state index contributed by atoms with van der Waals surface area (Å²) in [6.07, 6.45) is 5.38. The highest BCUT2D eigenvalue weighted by Crippen LogP contribution is 2.14. The van der Waals surface area contributed by atoms with E-state index in [1.807, 2.05) is 20.8 Å². The lowest BCUT2D eigenvalue weighted by Gasteiger charge is -2.19. The van der Waals surface area contributed by atoms with E-state index in [2.05, 4.69) is 5.32 Å². The third-order valence-corrected chi connectivity index (χ3v) is 3.67.